The van der Waals surface area contributed by atoms with Gasteiger partial charge in [0.25, 0.3) is 11.8 Å². The van der Waals surface area contributed by atoms with Crippen LogP contribution in [0.3, 0.4) is 0 Å². The smallest absolute Gasteiger partial charge is 0.253 e. The SMILES string of the molecule is NNC(=O)CNC(=O)CCCSSCCCC(=O)NCC(=O)NN. The highest BCUT2D eigenvalue weighted by molar-refractivity contribution is 8.76. The summed E-state index contributed by atoms with van der Waals surface area (Å²) < 4.78 is 0. The summed E-state index contributed by atoms with van der Waals surface area (Å²) in [5.74, 6) is 10.1. The van der Waals surface area contributed by atoms with E-state index >= 15 is 0 Å². The number of hydrogen-bond donors (Lipinski definition) is 6. The third-order valence-electron chi connectivity index (χ3n) is 2.56. The minimum Gasteiger partial charge on any atom is -0.347 e. The van der Waals surface area contributed by atoms with Crippen molar-refractivity contribution in [3.8, 4) is 0 Å². The predicted molar refractivity (Wildman–Crippen MR) is 94.1 cm³/mol. The molecule has 0 fully saturated rings. The fraction of sp³-hybridized carbons (Fsp3) is 0.667. The highest BCUT2D eigenvalue weighted by Gasteiger charge is 2.05. The van der Waals surface area contributed by atoms with E-state index in [0.717, 1.165) is 11.5 Å². The zero-order valence-corrected chi connectivity index (χ0v) is 14.9. The molecule has 0 aliphatic rings. The summed E-state index contributed by atoms with van der Waals surface area (Å²) in [5.41, 5.74) is 3.85. The lowest BCUT2D eigenvalue weighted by molar-refractivity contribution is -0.126. The normalized spacial score (nSPS) is 9.92. The lowest BCUT2D eigenvalue weighted by atomic mass is 10.3. The number of carbonyl (C=O) groups is 4. The molecule has 10 nitrogen and oxygen atoms in total. The van der Waals surface area contributed by atoms with Gasteiger partial charge in [0.2, 0.25) is 11.8 Å². The number of amides is 4. The Balaban J connectivity index is 3.39. The van der Waals surface area contributed by atoms with Gasteiger partial charge in [-0.25, -0.2) is 11.7 Å². The van der Waals surface area contributed by atoms with Crippen molar-refractivity contribution in [2.45, 2.75) is 25.7 Å². The molecule has 8 N–H and O–H groups in total. The molecule has 0 aromatic rings. The number of carbonyl (C=O) groups excluding carboxylic acids is 4. The number of nitrogens with one attached hydrogen (secondary N) is 4. The van der Waals surface area contributed by atoms with Crippen LogP contribution in [0.2, 0.25) is 0 Å². The Kier molecular flexibility index (Phi) is 14.1. The zero-order chi connectivity index (χ0) is 18.2. The van der Waals surface area contributed by atoms with Crippen molar-refractivity contribution < 1.29 is 19.2 Å². The maximum absolute atomic E-state index is 11.4. The summed E-state index contributed by atoms with van der Waals surface area (Å²) >= 11 is 0. The van der Waals surface area contributed by atoms with Crippen molar-refractivity contribution in [1.29, 1.82) is 0 Å². The van der Waals surface area contributed by atoms with E-state index < -0.39 is 11.8 Å². The molecule has 0 aliphatic heterocycles. The first-order valence-electron chi connectivity index (χ1n) is 7.26. The van der Waals surface area contributed by atoms with Gasteiger partial charge >= 0.3 is 0 Å². The van der Waals surface area contributed by atoms with E-state index in [9.17, 15) is 19.2 Å². The monoisotopic (exact) mass is 380 g/mol. The molecule has 0 radical (unpaired) electrons. The van der Waals surface area contributed by atoms with E-state index in [0.29, 0.717) is 25.7 Å². The van der Waals surface area contributed by atoms with Gasteiger partial charge in [0.1, 0.15) is 0 Å². The molecule has 0 spiro atoms. The molecule has 12 heteroatoms. The van der Waals surface area contributed by atoms with Crippen molar-refractivity contribution in [3.05, 3.63) is 0 Å². The van der Waals surface area contributed by atoms with E-state index in [4.69, 9.17) is 11.7 Å². The van der Waals surface area contributed by atoms with Crippen LogP contribution in [-0.4, -0.2) is 48.2 Å². The highest BCUT2D eigenvalue weighted by atomic mass is 33.1. The lowest BCUT2D eigenvalue weighted by Crippen LogP contribution is -2.40. The Morgan fingerprint density at radius 1 is 0.667 bits per heavy atom. The molecule has 0 rings (SSSR count). The van der Waals surface area contributed by atoms with Crippen LogP contribution in [0, 0.1) is 0 Å². The Hall–Kier alpha value is -1.50. The van der Waals surface area contributed by atoms with Crippen molar-refractivity contribution in [2.75, 3.05) is 24.6 Å². The minimum atomic E-state index is -0.444. The van der Waals surface area contributed by atoms with E-state index in [1.165, 1.54) is 0 Å². The molecule has 0 saturated heterocycles. The first kappa shape index (κ1) is 22.5. The fourth-order valence-corrected chi connectivity index (χ4v) is 3.51. The van der Waals surface area contributed by atoms with Crippen molar-refractivity contribution >= 4 is 45.2 Å². The van der Waals surface area contributed by atoms with Crippen LogP contribution in [0.4, 0.5) is 0 Å². The van der Waals surface area contributed by atoms with Crippen molar-refractivity contribution in [3.63, 3.8) is 0 Å². The Morgan fingerprint density at radius 3 is 1.38 bits per heavy atom. The summed E-state index contributed by atoms with van der Waals surface area (Å²) in [4.78, 5) is 44.4. The van der Waals surface area contributed by atoms with Gasteiger partial charge in [0.15, 0.2) is 0 Å². The Bertz CT molecular complexity index is 386. The van der Waals surface area contributed by atoms with Gasteiger partial charge in [-0.3, -0.25) is 30.0 Å². The number of nitrogens with two attached hydrogens (primary N) is 2. The van der Waals surface area contributed by atoms with Crippen LogP contribution in [0.5, 0.6) is 0 Å². The Labute approximate surface area is 148 Å². The van der Waals surface area contributed by atoms with E-state index in [1.807, 2.05) is 10.9 Å². The average molecular weight is 380 g/mol. The molecule has 0 bridgehead atoms. The second kappa shape index (κ2) is 15.1. The molecule has 0 aliphatic carbocycles. The molecule has 0 heterocycles. The summed E-state index contributed by atoms with van der Waals surface area (Å²) in [7, 11) is 3.25. The van der Waals surface area contributed by atoms with Gasteiger partial charge in [-0.15, -0.1) is 0 Å². The van der Waals surface area contributed by atoms with Crippen LogP contribution >= 0.6 is 21.6 Å². The minimum absolute atomic E-state index is 0.119. The van der Waals surface area contributed by atoms with E-state index in [1.54, 1.807) is 21.6 Å². The molecule has 0 unspecified atom stereocenters. The molecule has 24 heavy (non-hydrogen) atoms. The second-order valence-corrected chi connectivity index (χ2v) is 7.24. The van der Waals surface area contributed by atoms with Crippen molar-refractivity contribution in [1.82, 2.24) is 21.5 Å². The van der Waals surface area contributed by atoms with Gasteiger partial charge in [-0.2, -0.15) is 0 Å². The fourth-order valence-electron chi connectivity index (χ4n) is 1.34. The molecule has 0 saturated carbocycles. The Morgan fingerprint density at radius 2 is 1.04 bits per heavy atom. The largest absolute Gasteiger partial charge is 0.347 e. The van der Waals surface area contributed by atoms with Crippen LogP contribution < -0.4 is 33.2 Å². The summed E-state index contributed by atoms with van der Waals surface area (Å²) in [6.45, 7) is -0.238. The van der Waals surface area contributed by atoms with Gasteiger partial charge in [-0.05, 0) is 12.8 Å². The molecule has 0 aromatic heterocycles. The van der Waals surface area contributed by atoms with Crippen LogP contribution in [-0.2, 0) is 19.2 Å². The third-order valence-corrected chi connectivity index (χ3v) is 5.14. The second-order valence-electron chi connectivity index (χ2n) is 4.54. The van der Waals surface area contributed by atoms with Crippen LogP contribution in [0.1, 0.15) is 25.7 Å². The van der Waals surface area contributed by atoms with Gasteiger partial charge in [-0.1, -0.05) is 21.6 Å². The van der Waals surface area contributed by atoms with Crippen LogP contribution in [0.25, 0.3) is 0 Å². The lowest BCUT2D eigenvalue weighted by Gasteiger charge is -2.05. The maximum Gasteiger partial charge on any atom is 0.253 e. The number of hydrogen-bond acceptors (Lipinski definition) is 8. The summed E-state index contributed by atoms with van der Waals surface area (Å²) in [6, 6.07) is 0. The zero-order valence-electron chi connectivity index (χ0n) is 13.3. The maximum atomic E-state index is 11.4. The molecular weight excluding hydrogens is 356 g/mol. The molecular formula is C12H24N6O4S2. The quantitative estimate of drug-likeness (QED) is 0.0710. The topological polar surface area (TPSA) is 168 Å². The predicted octanol–water partition coefficient (Wildman–Crippen LogP) is -1.86. The van der Waals surface area contributed by atoms with Crippen LogP contribution in [0.15, 0.2) is 0 Å². The van der Waals surface area contributed by atoms with E-state index in [2.05, 4.69) is 10.6 Å². The summed E-state index contributed by atoms with van der Waals surface area (Å²) in [6.07, 6.45) is 2.08. The summed E-state index contributed by atoms with van der Waals surface area (Å²) in [5, 5.41) is 4.91. The average Bonchev–Trinajstić information content (AvgIpc) is 2.59. The molecule has 0 atom stereocenters. The molecule has 0 aromatic carbocycles. The van der Waals surface area contributed by atoms with Gasteiger partial charge < -0.3 is 10.6 Å². The third kappa shape index (κ3) is 14.1. The van der Waals surface area contributed by atoms with E-state index in [-0.39, 0.29) is 24.9 Å². The number of hydrazine groups is 2. The number of rotatable bonds is 13. The molecule has 138 valence electrons. The molecule has 4 amide bonds. The highest BCUT2D eigenvalue weighted by Crippen LogP contribution is 2.23. The first-order valence-corrected chi connectivity index (χ1v) is 9.75. The standard InChI is InChI=1S/C12H24N6O4S2/c13-17-11(21)7-15-9(19)3-1-5-23-24-6-2-4-10(20)16-8-12(22)18-14/h1-8,13-14H2,(H,15,19)(H,16,20)(H,17,21)(H,18,22). The van der Waals surface area contributed by atoms with Crippen molar-refractivity contribution in [2.24, 2.45) is 11.7 Å². The van der Waals surface area contributed by atoms with Gasteiger partial charge in [0, 0.05) is 24.3 Å². The van der Waals surface area contributed by atoms with Gasteiger partial charge in [0.05, 0.1) is 13.1 Å². The first-order chi connectivity index (χ1) is 11.5.